The van der Waals surface area contributed by atoms with Gasteiger partial charge in [0.15, 0.2) is 0 Å². The molecule has 1 aliphatic heterocycles. The Kier molecular flexibility index (Phi) is 6.02. The molecule has 1 amide bonds. The summed E-state index contributed by atoms with van der Waals surface area (Å²) in [7, 11) is 3.61. The van der Waals surface area contributed by atoms with Crippen LogP contribution in [0.4, 0.5) is 0 Å². The predicted octanol–water partition coefficient (Wildman–Crippen LogP) is 1.54. The summed E-state index contributed by atoms with van der Waals surface area (Å²) in [6.07, 6.45) is 2.01. The van der Waals surface area contributed by atoms with Gasteiger partial charge in [-0.1, -0.05) is 6.07 Å². The van der Waals surface area contributed by atoms with E-state index in [1.165, 1.54) is 0 Å². The van der Waals surface area contributed by atoms with Gasteiger partial charge in [0.2, 0.25) is 0 Å². The molecule has 1 saturated heterocycles. The Labute approximate surface area is 126 Å². The molecule has 0 saturated carbocycles. The molecule has 1 aromatic rings. The maximum Gasteiger partial charge on any atom is 0.253 e. The van der Waals surface area contributed by atoms with Gasteiger partial charge in [-0.2, -0.15) is 0 Å². The smallest absolute Gasteiger partial charge is 0.253 e. The van der Waals surface area contributed by atoms with Crippen molar-refractivity contribution in [1.82, 2.24) is 10.2 Å². The van der Waals surface area contributed by atoms with E-state index in [0.717, 1.165) is 25.9 Å². The Morgan fingerprint density at radius 2 is 2.10 bits per heavy atom. The zero-order chi connectivity index (χ0) is 15.1. The number of rotatable bonds is 6. The van der Waals surface area contributed by atoms with Gasteiger partial charge in [0.25, 0.3) is 5.91 Å². The highest BCUT2D eigenvalue weighted by Gasteiger charge is 2.22. The first-order valence-electron chi connectivity index (χ1n) is 7.43. The van der Waals surface area contributed by atoms with Crippen LogP contribution < -0.4 is 10.1 Å². The molecule has 5 nitrogen and oxygen atoms in total. The number of likely N-dealkylation sites (tertiary alicyclic amines) is 1. The van der Waals surface area contributed by atoms with E-state index in [0.29, 0.717) is 30.6 Å². The Balaban J connectivity index is 1.94. The van der Waals surface area contributed by atoms with Crippen LogP contribution in [0, 0.1) is 0 Å². The molecule has 1 aliphatic rings. The fraction of sp³-hybridized carbons (Fsp3) is 0.562. The summed E-state index contributed by atoms with van der Waals surface area (Å²) in [6.45, 7) is 2.63. The van der Waals surface area contributed by atoms with Crippen LogP contribution in [0.1, 0.15) is 23.2 Å². The van der Waals surface area contributed by atoms with E-state index >= 15 is 0 Å². The van der Waals surface area contributed by atoms with Gasteiger partial charge in [-0.3, -0.25) is 4.79 Å². The van der Waals surface area contributed by atoms with E-state index < -0.39 is 0 Å². The van der Waals surface area contributed by atoms with Crippen molar-refractivity contribution in [3.8, 4) is 5.75 Å². The first-order chi connectivity index (χ1) is 10.2. The van der Waals surface area contributed by atoms with Gasteiger partial charge in [0.05, 0.1) is 6.61 Å². The number of piperidine rings is 1. The summed E-state index contributed by atoms with van der Waals surface area (Å²) < 4.78 is 10.5. The van der Waals surface area contributed by atoms with Crippen molar-refractivity contribution in [2.75, 3.05) is 40.5 Å². The van der Waals surface area contributed by atoms with Crippen LogP contribution in [0.3, 0.4) is 0 Å². The number of nitrogens with one attached hydrogen (secondary N) is 1. The van der Waals surface area contributed by atoms with E-state index in [1.54, 1.807) is 7.11 Å². The Morgan fingerprint density at radius 3 is 2.76 bits per heavy atom. The third kappa shape index (κ3) is 4.44. The lowest BCUT2D eigenvalue weighted by Crippen LogP contribution is -2.43. The highest BCUT2D eigenvalue weighted by molar-refractivity contribution is 5.94. The quantitative estimate of drug-likeness (QED) is 0.808. The van der Waals surface area contributed by atoms with E-state index in [9.17, 15) is 4.79 Å². The van der Waals surface area contributed by atoms with Crippen LogP contribution in [0.25, 0.3) is 0 Å². The monoisotopic (exact) mass is 292 g/mol. The lowest BCUT2D eigenvalue weighted by molar-refractivity contribution is 0.0706. The van der Waals surface area contributed by atoms with Crippen molar-refractivity contribution in [1.29, 1.82) is 0 Å². The molecule has 1 fully saturated rings. The third-order valence-electron chi connectivity index (χ3n) is 3.83. The maximum absolute atomic E-state index is 12.5. The molecule has 0 bridgehead atoms. The number of carbonyl (C=O) groups excluding carboxylic acids is 1. The molecule has 1 heterocycles. The van der Waals surface area contributed by atoms with Crippen molar-refractivity contribution in [2.24, 2.45) is 0 Å². The Morgan fingerprint density at radius 1 is 1.33 bits per heavy atom. The van der Waals surface area contributed by atoms with Gasteiger partial charge in [0.1, 0.15) is 12.4 Å². The Bertz CT molecular complexity index is 457. The zero-order valence-electron chi connectivity index (χ0n) is 12.8. The number of ether oxygens (including phenoxy) is 2. The average Bonchev–Trinajstić information content (AvgIpc) is 2.55. The SMILES string of the molecule is CNC1CCN(C(=O)c2cccc(OCCOC)c2)CC1. The summed E-state index contributed by atoms with van der Waals surface area (Å²) in [4.78, 5) is 14.4. The molecule has 0 aromatic heterocycles. The number of hydrogen-bond acceptors (Lipinski definition) is 4. The minimum Gasteiger partial charge on any atom is -0.491 e. The van der Waals surface area contributed by atoms with E-state index in [4.69, 9.17) is 9.47 Å². The van der Waals surface area contributed by atoms with Gasteiger partial charge in [-0.05, 0) is 38.1 Å². The fourth-order valence-electron chi connectivity index (χ4n) is 2.52. The molecule has 1 aromatic carbocycles. The summed E-state index contributed by atoms with van der Waals surface area (Å²) in [5, 5.41) is 3.27. The summed E-state index contributed by atoms with van der Waals surface area (Å²) in [5.41, 5.74) is 0.688. The van der Waals surface area contributed by atoms with Gasteiger partial charge in [0, 0.05) is 31.8 Å². The Hall–Kier alpha value is -1.59. The minimum absolute atomic E-state index is 0.0849. The van der Waals surface area contributed by atoms with E-state index in [2.05, 4.69) is 5.32 Å². The second kappa shape index (κ2) is 8.00. The first kappa shape index (κ1) is 15.8. The van der Waals surface area contributed by atoms with Gasteiger partial charge in [-0.15, -0.1) is 0 Å². The molecule has 21 heavy (non-hydrogen) atoms. The lowest BCUT2D eigenvalue weighted by atomic mass is 10.0. The summed E-state index contributed by atoms with van der Waals surface area (Å²) in [5.74, 6) is 0.796. The molecule has 2 rings (SSSR count). The highest BCUT2D eigenvalue weighted by Crippen LogP contribution is 2.18. The van der Waals surface area contributed by atoms with Crippen molar-refractivity contribution in [3.05, 3.63) is 29.8 Å². The molecule has 0 atom stereocenters. The standard InChI is InChI=1S/C16H24N2O3/c1-17-14-6-8-18(9-7-14)16(19)13-4-3-5-15(12-13)21-11-10-20-2/h3-5,12,14,17H,6-11H2,1-2H3. The second-order valence-electron chi connectivity index (χ2n) is 5.22. The topological polar surface area (TPSA) is 50.8 Å². The number of benzene rings is 1. The molecule has 1 N–H and O–H groups in total. The van der Waals surface area contributed by atoms with Gasteiger partial charge >= 0.3 is 0 Å². The molecule has 0 radical (unpaired) electrons. The van der Waals surface area contributed by atoms with Crippen molar-refractivity contribution < 1.29 is 14.3 Å². The molecule has 5 heteroatoms. The lowest BCUT2D eigenvalue weighted by Gasteiger charge is -2.31. The fourth-order valence-corrected chi connectivity index (χ4v) is 2.52. The highest BCUT2D eigenvalue weighted by atomic mass is 16.5. The zero-order valence-corrected chi connectivity index (χ0v) is 12.8. The predicted molar refractivity (Wildman–Crippen MR) is 81.8 cm³/mol. The van der Waals surface area contributed by atoms with Crippen LogP contribution in [0.15, 0.2) is 24.3 Å². The van der Waals surface area contributed by atoms with Crippen LogP contribution in [-0.2, 0) is 4.74 Å². The first-order valence-corrected chi connectivity index (χ1v) is 7.43. The molecular weight excluding hydrogens is 268 g/mol. The number of amides is 1. The average molecular weight is 292 g/mol. The normalized spacial score (nSPS) is 16.0. The van der Waals surface area contributed by atoms with Crippen molar-refractivity contribution in [3.63, 3.8) is 0 Å². The maximum atomic E-state index is 12.5. The van der Waals surface area contributed by atoms with Crippen LogP contribution >= 0.6 is 0 Å². The van der Waals surface area contributed by atoms with Gasteiger partial charge < -0.3 is 19.7 Å². The van der Waals surface area contributed by atoms with Crippen LogP contribution in [0.2, 0.25) is 0 Å². The largest absolute Gasteiger partial charge is 0.491 e. The van der Waals surface area contributed by atoms with E-state index in [-0.39, 0.29) is 5.91 Å². The number of hydrogen-bond donors (Lipinski definition) is 1. The summed E-state index contributed by atoms with van der Waals surface area (Å²) in [6, 6.07) is 7.89. The minimum atomic E-state index is 0.0849. The number of nitrogens with zero attached hydrogens (tertiary/aromatic N) is 1. The van der Waals surface area contributed by atoms with Crippen molar-refractivity contribution in [2.45, 2.75) is 18.9 Å². The molecular formula is C16H24N2O3. The molecule has 0 aliphatic carbocycles. The van der Waals surface area contributed by atoms with Gasteiger partial charge in [-0.25, -0.2) is 0 Å². The van der Waals surface area contributed by atoms with E-state index in [1.807, 2.05) is 36.2 Å². The third-order valence-corrected chi connectivity index (χ3v) is 3.83. The second-order valence-corrected chi connectivity index (χ2v) is 5.22. The van der Waals surface area contributed by atoms with Crippen LogP contribution in [0.5, 0.6) is 5.75 Å². The molecule has 116 valence electrons. The molecule has 0 unspecified atom stereocenters. The number of methoxy groups -OCH3 is 1. The van der Waals surface area contributed by atoms with Crippen molar-refractivity contribution >= 4 is 5.91 Å². The van der Waals surface area contributed by atoms with Crippen LogP contribution in [-0.4, -0.2) is 57.3 Å². The summed E-state index contributed by atoms with van der Waals surface area (Å²) >= 11 is 0. The molecule has 0 spiro atoms. The number of carbonyl (C=O) groups is 1.